The molecule has 3 aromatic rings. The molecular formula is C22H22N4OS. The predicted molar refractivity (Wildman–Crippen MR) is 111 cm³/mol. The minimum atomic E-state index is -0.393. The van der Waals surface area contributed by atoms with Gasteiger partial charge in [-0.25, -0.2) is 0 Å². The molecule has 5 rings (SSSR count). The Hall–Kier alpha value is -2.60. The number of benzene rings is 2. The van der Waals surface area contributed by atoms with Crippen LogP contribution in [0.5, 0.6) is 5.88 Å². The molecule has 2 aromatic carbocycles. The third kappa shape index (κ3) is 3.33. The van der Waals surface area contributed by atoms with E-state index in [1.54, 1.807) is 11.8 Å². The number of anilines is 1. The number of hydrogen-bond donors (Lipinski definition) is 1. The van der Waals surface area contributed by atoms with Crippen molar-refractivity contribution in [3.63, 3.8) is 0 Å². The molecule has 1 fully saturated rings. The van der Waals surface area contributed by atoms with E-state index in [9.17, 15) is 0 Å². The number of nitrogens with one attached hydrogen (secondary N) is 1. The normalized spacial score (nSPS) is 16.6. The number of hydrogen-bond acceptors (Lipinski definition) is 6. The Morgan fingerprint density at radius 2 is 1.82 bits per heavy atom. The molecule has 0 radical (unpaired) electrons. The van der Waals surface area contributed by atoms with E-state index in [1.807, 2.05) is 18.2 Å². The van der Waals surface area contributed by atoms with Gasteiger partial charge in [-0.05, 0) is 31.4 Å². The lowest BCUT2D eigenvalue weighted by atomic mass is 10.1. The summed E-state index contributed by atoms with van der Waals surface area (Å²) in [5, 5.41) is 13.2. The van der Waals surface area contributed by atoms with Crippen molar-refractivity contribution >= 4 is 17.4 Å². The SMILES string of the molecule is Cc1ccc(CSc2nnc3c(n2)OC2(CCCC2)Nc2ccccc2-3)cc1. The van der Waals surface area contributed by atoms with Gasteiger partial charge in [0.05, 0.1) is 0 Å². The fraction of sp³-hybridized carbons (Fsp3) is 0.318. The van der Waals surface area contributed by atoms with E-state index in [1.165, 1.54) is 11.1 Å². The second-order valence-corrected chi connectivity index (χ2v) is 8.44. The second kappa shape index (κ2) is 7.09. The summed E-state index contributed by atoms with van der Waals surface area (Å²) in [6.45, 7) is 2.10. The van der Waals surface area contributed by atoms with Crippen LogP contribution >= 0.6 is 11.8 Å². The second-order valence-electron chi connectivity index (χ2n) is 7.50. The maximum Gasteiger partial charge on any atom is 0.247 e. The van der Waals surface area contributed by atoms with Crippen molar-refractivity contribution in [2.75, 3.05) is 5.32 Å². The minimum absolute atomic E-state index is 0.393. The van der Waals surface area contributed by atoms with Gasteiger partial charge in [-0.2, -0.15) is 4.98 Å². The fourth-order valence-corrected chi connectivity index (χ4v) is 4.59. The highest BCUT2D eigenvalue weighted by molar-refractivity contribution is 7.98. The molecule has 1 spiro atoms. The fourth-order valence-electron chi connectivity index (χ4n) is 3.86. The molecule has 1 saturated carbocycles. The summed E-state index contributed by atoms with van der Waals surface area (Å²) in [6, 6.07) is 16.7. The Kier molecular flexibility index (Phi) is 4.43. The van der Waals surface area contributed by atoms with Crippen LogP contribution in [-0.4, -0.2) is 20.9 Å². The van der Waals surface area contributed by atoms with Gasteiger partial charge < -0.3 is 10.1 Å². The van der Waals surface area contributed by atoms with E-state index in [-0.39, 0.29) is 0 Å². The van der Waals surface area contributed by atoms with Crippen molar-refractivity contribution in [2.24, 2.45) is 0 Å². The first-order valence-corrected chi connectivity index (χ1v) is 10.7. The van der Waals surface area contributed by atoms with Gasteiger partial charge in [0.2, 0.25) is 11.0 Å². The van der Waals surface area contributed by atoms with E-state index >= 15 is 0 Å². The molecule has 2 heterocycles. The van der Waals surface area contributed by atoms with Crippen molar-refractivity contribution in [1.29, 1.82) is 0 Å². The number of rotatable bonds is 3. The number of para-hydroxylation sites is 1. The maximum absolute atomic E-state index is 6.46. The summed E-state index contributed by atoms with van der Waals surface area (Å²) < 4.78 is 6.46. The summed E-state index contributed by atoms with van der Waals surface area (Å²) in [5.41, 5.74) is 4.87. The van der Waals surface area contributed by atoms with Crippen molar-refractivity contribution < 1.29 is 4.74 Å². The summed E-state index contributed by atoms with van der Waals surface area (Å²) in [6.07, 6.45) is 4.24. The lowest BCUT2D eigenvalue weighted by Crippen LogP contribution is -2.41. The molecule has 6 heteroatoms. The van der Waals surface area contributed by atoms with Crippen molar-refractivity contribution in [3.05, 3.63) is 59.7 Å². The van der Waals surface area contributed by atoms with Gasteiger partial charge in [-0.15, -0.1) is 10.2 Å². The molecule has 1 aromatic heterocycles. The lowest BCUT2D eigenvalue weighted by Gasteiger charge is -2.30. The monoisotopic (exact) mass is 390 g/mol. The number of aryl methyl sites for hydroxylation is 1. The molecule has 1 aliphatic carbocycles. The molecule has 0 saturated heterocycles. The maximum atomic E-state index is 6.46. The third-order valence-corrected chi connectivity index (χ3v) is 6.28. The molecule has 0 amide bonds. The van der Waals surface area contributed by atoms with Crippen LogP contribution in [0.3, 0.4) is 0 Å². The Labute approximate surface area is 169 Å². The number of ether oxygens (including phenoxy) is 1. The molecule has 28 heavy (non-hydrogen) atoms. The van der Waals surface area contributed by atoms with Crippen LogP contribution in [0.4, 0.5) is 5.69 Å². The summed E-state index contributed by atoms with van der Waals surface area (Å²) in [4.78, 5) is 4.75. The summed E-state index contributed by atoms with van der Waals surface area (Å²) >= 11 is 1.59. The molecule has 0 bridgehead atoms. The molecule has 0 atom stereocenters. The molecular weight excluding hydrogens is 368 g/mol. The van der Waals surface area contributed by atoms with Crippen molar-refractivity contribution in [3.8, 4) is 17.1 Å². The van der Waals surface area contributed by atoms with Gasteiger partial charge >= 0.3 is 0 Å². The zero-order chi connectivity index (χ0) is 19.0. The van der Waals surface area contributed by atoms with E-state index in [4.69, 9.17) is 9.72 Å². The highest BCUT2D eigenvalue weighted by Crippen LogP contribution is 2.43. The van der Waals surface area contributed by atoms with Gasteiger partial charge in [0, 0.05) is 29.8 Å². The number of nitrogens with zero attached hydrogens (tertiary/aromatic N) is 3. The van der Waals surface area contributed by atoms with E-state index in [2.05, 4.69) is 52.8 Å². The highest BCUT2D eigenvalue weighted by atomic mass is 32.2. The molecule has 1 aliphatic heterocycles. The van der Waals surface area contributed by atoms with Crippen LogP contribution in [0.2, 0.25) is 0 Å². The molecule has 1 N–H and O–H groups in total. The van der Waals surface area contributed by atoms with Gasteiger partial charge in [-0.3, -0.25) is 0 Å². The van der Waals surface area contributed by atoms with Crippen LogP contribution in [0.25, 0.3) is 11.3 Å². The number of thioether (sulfide) groups is 1. The molecule has 0 unspecified atom stereocenters. The topological polar surface area (TPSA) is 59.9 Å². The smallest absolute Gasteiger partial charge is 0.247 e. The largest absolute Gasteiger partial charge is 0.449 e. The van der Waals surface area contributed by atoms with Crippen molar-refractivity contribution in [2.45, 2.75) is 49.2 Å². The quantitative estimate of drug-likeness (QED) is 0.619. The lowest BCUT2D eigenvalue weighted by molar-refractivity contribution is 0.101. The Morgan fingerprint density at radius 1 is 1.04 bits per heavy atom. The first-order valence-electron chi connectivity index (χ1n) is 9.70. The third-order valence-electron chi connectivity index (χ3n) is 5.37. The molecule has 5 nitrogen and oxygen atoms in total. The first-order chi connectivity index (χ1) is 13.7. The van der Waals surface area contributed by atoms with Crippen LogP contribution in [0.15, 0.2) is 53.7 Å². The van der Waals surface area contributed by atoms with E-state index < -0.39 is 5.72 Å². The van der Waals surface area contributed by atoms with Crippen LogP contribution < -0.4 is 10.1 Å². The van der Waals surface area contributed by atoms with Gasteiger partial charge in [0.25, 0.3) is 0 Å². The zero-order valence-corrected chi connectivity index (χ0v) is 16.6. The number of fused-ring (bicyclic) bond motifs is 3. The molecule has 2 aliphatic rings. The Balaban J connectivity index is 1.47. The summed E-state index contributed by atoms with van der Waals surface area (Å²) in [5.74, 6) is 1.39. The standard InChI is InChI=1S/C22H22N4OS/c1-15-8-10-16(11-9-15)14-28-21-23-20-19(25-26-21)17-6-2-3-7-18(17)24-22(27-20)12-4-5-13-22/h2-3,6-11,24H,4-5,12-14H2,1H3. The number of aromatic nitrogens is 3. The Bertz CT molecular complexity index is 1000. The average Bonchev–Trinajstić information content (AvgIpc) is 3.10. The van der Waals surface area contributed by atoms with Gasteiger partial charge in [0.15, 0.2) is 11.4 Å². The first kappa shape index (κ1) is 17.5. The predicted octanol–water partition coefficient (Wildman–Crippen LogP) is 5.21. The Morgan fingerprint density at radius 3 is 2.64 bits per heavy atom. The average molecular weight is 391 g/mol. The zero-order valence-electron chi connectivity index (χ0n) is 15.8. The van der Waals surface area contributed by atoms with Crippen LogP contribution in [0, 0.1) is 6.92 Å². The molecule has 142 valence electrons. The minimum Gasteiger partial charge on any atom is -0.449 e. The van der Waals surface area contributed by atoms with Crippen LogP contribution in [0.1, 0.15) is 36.8 Å². The van der Waals surface area contributed by atoms with Crippen LogP contribution in [-0.2, 0) is 5.75 Å². The summed E-state index contributed by atoms with van der Waals surface area (Å²) in [7, 11) is 0. The van der Waals surface area contributed by atoms with Gasteiger partial charge in [0.1, 0.15) is 0 Å². The van der Waals surface area contributed by atoms with E-state index in [0.717, 1.165) is 42.7 Å². The van der Waals surface area contributed by atoms with Gasteiger partial charge in [-0.1, -0.05) is 59.8 Å². The van der Waals surface area contributed by atoms with Crippen molar-refractivity contribution in [1.82, 2.24) is 15.2 Å². The van der Waals surface area contributed by atoms with E-state index in [0.29, 0.717) is 16.7 Å². The highest BCUT2D eigenvalue weighted by Gasteiger charge is 2.40.